The van der Waals surface area contributed by atoms with Gasteiger partial charge in [0.25, 0.3) is 5.91 Å². The first-order chi connectivity index (χ1) is 18.5. The number of rotatable bonds is 18. The number of carbonyl (C=O) groups excluding carboxylic acids is 3. The predicted octanol–water partition coefficient (Wildman–Crippen LogP) is 6.83. The molecule has 0 radical (unpaired) electrons. The van der Waals surface area contributed by atoms with E-state index in [2.05, 4.69) is 22.8 Å². The molecule has 2 rings (SSSR count). The van der Waals surface area contributed by atoms with Gasteiger partial charge in [-0.05, 0) is 54.4 Å². The van der Waals surface area contributed by atoms with Crippen molar-refractivity contribution < 1.29 is 19.1 Å². The molecule has 0 unspecified atom stereocenters. The summed E-state index contributed by atoms with van der Waals surface area (Å²) in [6, 6.07) is 13.2. The molecule has 0 aliphatic carbocycles. The van der Waals surface area contributed by atoms with Gasteiger partial charge < -0.3 is 10.1 Å². The number of hydrazone groups is 1. The van der Waals surface area contributed by atoms with Crippen molar-refractivity contribution in [3.63, 3.8) is 0 Å². The lowest BCUT2D eigenvalue weighted by Gasteiger charge is -2.05. The van der Waals surface area contributed by atoms with Crippen LogP contribution in [0.25, 0.3) is 0 Å². The van der Waals surface area contributed by atoms with Gasteiger partial charge in [0.1, 0.15) is 5.75 Å². The fraction of sp³-hybridized carbons (Fsp3) is 0.467. The monoisotopic (exact) mass is 541 g/mol. The normalized spacial score (nSPS) is 10.9. The Balaban J connectivity index is 1.53. The average molecular weight is 542 g/mol. The van der Waals surface area contributed by atoms with Crippen LogP contribution >= 0.6 is 11.6 Å². The molecule has 0 saturated carbocycles. The first-order valence-electron chi connectivity index (χ1n) is 13.6. The van der Waals surface area contributed by atoms with Crippen LogP contribution < -0.4 is 15.5 Å². The number of benzene rings is 2. The van der Waals surface area contributed by atoms with Crippen molar-refractivity contribution in [2.24, 2.45) is 5.10 Å². The number of halogens is 1. The Kier molecular flexibility index (Phi) is 15.5. The zero-order chi connectivity index (χ0) is 27.4. The van der Waals surface area contributed by atoms with Crippen LogP contribution in [0.3, 0.4) is 0 Å². The molecule has 8 heteroatoms. The lowest BCUT2D eigenvalue weighted by molar-refractivity contribution is -0.126. The summed E-state index contributed by atoms with van der Waals surface area (Å²) < 4.78 is 5.33. The number of unbranched alkanes of at least 4 members (excludes halogenated alkanes) is 10. The van der Waals surface area contributed by atoms with Crippen LogP contribution in [-0.4, -0.2) is 30.5 Å². The molecule has 0 aliphatic rings. The fourth-order valence-electron chi connectivity index (χ4n) is 3.84. The Bertz CT molecular complexity index is 1020. The number of amides is 2. The number of ether oxygens (including phenoxy) is 1. The summed E-state index contributed by atoms with van der Waals surface area (Å²) in [6.07, 6.45) is 15.4. The molecule has 0 bridgehead atoms. The Morgan fingerprint density at radius 3 is 2.11 bits per heavy atom. The second-order valence-corrected chi connectivity index (χ2v) is 9.76. The molecule has 7 nitrogen and oxygen atoms in total. The smallest absolute Gasteiger partial charge is 0.343 e. The first-order valence-corrected chi connectivity index (χ1v) is 14.0. The van der Waals surface area contributed by atoms with Gasteiger partial charge in [0, 0.05) is 11.4 Å². The zero-order valence-electron chi connectivity index (χ0n) is 22.3. The van der Waals surface area contributed by atoms with E-state index in [1.807, 2.05) is 0 Å². The van der Waals surface area contributed by atoms with Crippen LogP contribution in [0.1, 0.15) is 99.9 Å². The maximum atomic E-state index is 12.2. The quantitative estimate of drug-likeness (QED) is 0.0710. The summed E-state index contributed by atoms with van der Waals surface area (Å²) in [5.74, 6) is -0.660. The first kappa shape index (κ1) is 31.0. The Morgan fingerprint density at radius 2 is 1.47 bits per heavy atom. The van der Waals surface area contributed by atoms with E-state index in [0.29, 0.717) is 28.3 Å². The van der Waals surface area contributed by atoms with E-state index in [1.165, 1.54) is 63.6 Å². The van der Waals surface area contributed by atoms with Crippen molar-refractivity contribution in [2.75, 3.05) is 6.54 Å². The topological polar surface area (TPSA) is 96.9 Å². The maximum Gasteiger partial charge on any atom is 0.343 e. The molecule has 0 saturated heterocycles. The molecule has 2 amide bonds. The van der Waals surface area contributed by atoms with Gasteiger partial charge in [-0.3, -0.25) is 9.59 Å². The van der Waals surface area contributed by atoms with Crippen molar-refractivity contribution in [1.29, 1.82) is 0 Å². The highest BCUT2D eigenvalue weighted by atomic mass is 35.5. The second kappa shape index (κ2) is 19.0. The fourth-order valence-corrected chi connectivity index (χ4v) is 4.03. The van der Waals surface area contributed by atoms with E-state index in [1.54, 1.807) is 42.5 Å². The molecule has 0 heterocycles. The molecule has 0 aromatic heterocycles. The Hall–Kier alpha value is -3.19. The van der Waals surface area contributed by atoms with Crippen LogP contribution in [0.2, 0.25) is 5.02 Å². The third-order valence-corrected chi connectivity index (χ3v) is 6.24. The summed E-state index contributed by atoms with van der Waals surface area (Å²) in [6.45, 7) is 2.12. The lowest BCUT2D eigenvalue weighted by Crippen LogP contribution is -2.34. The highest BCUT2D eigenvalue weighted by Gasteiger charge is 2.09. The van der Waals surface area contributed by atoms with Crippen LogP contribution in [0.5, 0.6) is 5.75 Å². The number of hydrogen-bond acceptors (Lipinski definition) is 5. The maximum absolute atomic E-state index is 12.2. The van der Waals surface area contributed by atoms with Crippen LogP contribution in [-0.2, 0) is 9.59 Å². The number of carbonyl (C=O) groups is 3. The van der Waals surface area contributed by atoms with E-state index in [-0.39, 0.29) is 12.5 Å². The van der Waals surface area contributed by atoms with Gasteiger partial charge in [-0.15, -0.1) is 0 Å². The number of esters is 1. The SMILES string of the molecule is CCCCCCCCCCCCCC(=O)NCC(=O)N/N=C\c1ccc(OC(=O)c2cccc(Cl)c2)cc1. The van der Waals surface area contributed by atoms with E-state index < -0.39 is 11.9 Å². The number of hydrogen-bond donors (Lipinski definition) is 2. The predicted molar refractivity (Wildman–Crippen MR) is 153 cm³/mol. The lowest BCUT2D eigenvalue weighted by atomic mass is 10.1. The number of nitrogens with zero attached hydrogens (tertiary/aromatic N) is 1. The summed E-state index contributed by atoms with van der Waals surface area (Å²) in [4.78, 5) is 36.1. The van der Waals surface area contributed by atoms with Gasteiger partial charge in [-0.2, -0.15) is 5.10 Å². The number of nitrogens with one attached hydrogen (secondary N) is 2. The minimum atomic E-state index is -0.508. The highest BCUT2D eigenvalue weighted by Crippen LogP contribution is 2.16. The molecule has 2 aromatic carbocycles. The summed E-state index contributed by atoms with van der Waals surface area (Å²) in [5.41, 5.74) is 3.45. The Morgan fingerprint density at radius 1 is 0.842 bits per heavy atom. The van der Waals surface area contributed by atoms with Gasteiger partial charge in [0.05, 0.1) is 18.3 Å². The van der Waals surface area contributed by atoms with E-state index in [4.69, 9.17) is 16.3 Å². The van der Waals surface area contributed by atoms with Gasteiger partial charge in [-0.25, -0.2) is 10.2 Å². The molecular weight excluding hydrogens is 502 g/mol. The minimum Gasteiger partial charge on any atom is -0.423 e. The summed E-state index contributed by atoms with van der Waals surface area (Å²) >= 11 is 5.90. The third kappa shape index (κ3) is 13.9. The van der Waals surface area contributed by atoms with Crippen LogP contribution in [0.4, 0.5) is 0 Å². The molecule has 206 valence electrons. The van der Waals surface area contributed by atoms with E-state index in [0.717, 1.165) is 19.3 Å². The van der Waals surface area contributed by atoms with E-state index in [9.17, 15) is 14.4 Å². The molecule has 0 fully saturated rings. The molecule has 0 aliphatic heterocycles. The molecule has 0 atom stereocenters. The average Bonchev–Trinajstić information content (AvgIpc) is 2.91. The largest absolute Gasteiger partial charge is 0.423 e. The molecule has 2 N–H and O–H groups in total. The van der Waals surface area contributed by atoms with Crippen molar-refractivity contribution in [3.05, 3.63) is 64.7 Å². The van der Waals surface area contributed by atoms with Gasteiger partial charge >= 0.3 is 5.97 Å². The second-order valence-electron chi connectivity index (χ2n) is 9.32. The third-order valence-electron chi connectivity index (χ3n) is 6.01. The molecule has 38 heavy (non-hydrogen) atoms. The van der Waals surface area contributed by atoms with Crippen molar-refractivity contribution in [2.45, 2.75) is 84.0 Å². The Labute approximate surface area is 231 Å². The van der Waals surface area contributed by atoms with Gasteiger partial charge in [-0.1, -0.05) is 88.8 Å². The molecular formula is C30H40ClN3O4. The van der Waals surface area contributed by atoms with Crippen molar-refractivity contribution in [1.82, 2.24) is 10.7 Å². The zero-order valence-corrected chi connectivity index (χ0v) is 23.1. The van der Waals surface area contributed by atoms with Crippen LogP contribution in [0, 0.1) is 0 Å². The minimum absolute atomic E-state index is 0.118. The van der Waals surface area contributed by atoms with E-state index >= 15 is 0 Å². The molecule has 2 aromatic rings. The summed E-state index contributed by atoms with van der Waals surface area (Å²) in [7, 11) is 0. The standard InChI is InChI=1S/C30H40ClN3O4/c1-2-3-4-5-6-7-8-9-10-11-12-16-28(35)32-23-29(36)34-33-22-24-17-19-27(20-18-24)38-30(37)25-14-13-15-26(31)21-25/h13-15,17-22H,2-12,16,23H2,1H3,(H,32,35)(H,34,36)/b33-22-. The molecule has 0 spiro atoms. The summed E-state index contributed by atoms with van der Waals surface area (Å²) in [5, 5.41) is 6.98. The van der Waals surface area contributed by atoms with Gasteiger partial charge in [0.2, 0.25) is 5.91 Å². The van der Waals surface area contributed by atoms with Gasteiger partial charge in [0.15, 0.2) is 0 Å². The van der Waals surface area contributed by atoms with Crippen molar-refractivity contribution >= 4 is 35.6 Å². The van der Waals surface area contributed by atoms with Crippen molar-refractivity contribution in [3.8, 4) is 5.75 Å². The van der Waals surface area contributed by atoms with Crippen LogP contribution in [0.15, 0.2) is 53.6 Å². The highest BCUT2D eigenvalue weighted by molar-refractivity contribution is 6.30.